The van der Waals surface area contributed by atoms with E-state index in [2.05, 4.69) is 26.7 Å². The van der Waals surface area contributed by atoms with Gasteiger partial charge in [-0.15, -0.1) is 11.3 Å². The Kier molecular flexibility index (Phi) is 4.17. The van der Waals surface area contributed by atoms with E-state index in [9.17, 15) is 0 Å². The quantitative estimate of drug-likeness (QED) is 0.794. The van der Waals surface area contributed by atoms with Gasteiger partial charge in [0.2, 0.25) is 0 Å². The first-order chi connectivity index (χ1) is 11.4. The van der Waals surface area contributed by atoms with Gasteiger partial charge in [-0.25, -0.2) is 9.97 Å². The minimum Gasteiger partial charge on any atom is -0.381 e. The summed E-state index contributed by atoms with van der Waals surface area (Å²) in [7, 11) is 0. The zero-order valence-corrected chi connectivity index (χ0v) is 13.6. The second-order valence-electron chi connectivity index (χ2n) is 5.69. The van der Waals surface area contributed by atoms with Gasteiger partial charge < -0.3 is 10.1 Å². The third kappa shape index (κ3) is 3.18. The maximum atomic E-state index is 5.43. The van der Waals surface area contributed by atoms with E-state index in [1.54, 1.807) is 17.5 Å². The Balaban J connectivity index is 1.63. The lowest BCUT2D eigenvalue weighted by Crippen LogP contribution is -2.23. The van der Waals surface area contributed by atoms with Gasteiger partial charge in [-0.2, -0.15) is 0 Å². The van der Waals surface area contributed by atoms with Crippen LogP contribution in [0.5, 0.6) is 0 Å². The summed E-state index contributed by atoms with van der Waals surface area (Å²) in [5, 5.41) is 6.67. The topological polar surface area (TPSA) is 59.9 Å². The van der Waals surface area contributed by atoms with Crippen molar-refractivity contribution in [3.8, 4) is 11.5 Å². The summed E-state index contributed by atoms with van der Waals surface area (Å²) in [5.74, 6) is 2.23. The SMILES string of the molecule is c1ccc(-c2nc(NCC3CCOCC3)c3ccsc3n2)nc1. The van der Waals surface area contributed by atoms with E-state index in [1.165, 1.54) is 0 Å². The second-order valence-corrected chi connectivity index (χ2v) is 6.58. The summed E-state index contributed by atoms with van der Waals surface area (Å²) in [4.78, 5) is 14.7. The van der Waals surface area contributed by atoms with Crippen molar-refractivity contribution >= 4 is 27.4 Å². The van der Waals surface area contributed by atoms with Crippen LogP contribution in [0, 0.1) is 5.92 Å². The van der Waals surface area contributed by atoms with Crippen LogP contribution in [0.4, 0.5) is 5.82 Å². The third-order valence-electron chi connectivity index (χ3n) is 4.12. The van der Waals surface area contributed by atoms with E-state index < -0.39 is 0 Å². The van der Waals surface area contributed by atoms with Gasteiger partial charge in [0.25, 0.3) is 0 Å². The van der Waals surface area contributed by atoms with Gasteiger partial charge in [0, 0.05) is 26.0 Å². The molecule has 0 amide bonds. The van der Waals surface area contributed by atoms with Crippen molar-refractivity contribution < 1.29 is 4.74 Å². The van der Waals surface area contributed by atoms with Gasteiger partial charge in [-0.05, 0) is 42.3 Å². The number of fused-ring (bicyclic) bond motifs is 1. The number of thiophene rings is 1. The number of pyridine rings is 1. The maximum absolute atomic E-state index is 5.43. The third-order valence-corrected chi connectivity index (χ3v) is 4.92. The van der Waals surface area contributed by atoms with Gasteiger partial charge in [0.15, 0.2) is 5.82 Å². The summed E-state index contributed by atoms with van der Waals surface area (Å²) in [5.41, 5.74) is 0.803. The fourth-order valence-electron chi connectivity index (χ4n) is 2.79. The predicted octanol–water partition coefficient (Wildman–Crippen LogP) is 3.59. The summed E-state index contributed by atoms with van der Waals surface area (Å²) >= 11 is 1.63. The molecule has 5 nitrogen and oxygen atoms in total. The fourth-order valence-corrected chi connectivity index (χ4v) is 3.56. The molecule has 0 atom stereocenters. The Morgan fingerprint density at radius 1 is 1.17 bits per heavy atom. The first-order valence-electron chi connectivity index (χ1n) is 7.88. The largest absolute Gasteiger partial charge is 0.381 e. The molecule has 0 spiro atoms. The minimum atomic E-state index is 0.644. The Morgan fingerprint density at radius 2 is 2.09 bits per heavy atom. The molecule has 3 aromatic rings. The van der Waals surface area contributed by atoms with Gasteiger partial charge >= 0.3 is 0 Å². The molecule has 1 aliphatic heterocycles. The molecule has 1 N–H and O–H groups in total. The number of ether oxygens (including phenoxy) is 1. The Morgan fingerprint density at radius 3 is 2.91 bits per heavy atom. The van der Waals surface area contributed by atoms with Crippen LogP contribution in [0.1, 0.15) is 12.8 Å². The van der Waals surface area contributed by atoms with Crippen molar-refractivity contribution in [3.05, 3.63) is 35.8 Å². The molecule has 1 saturated heterocycles. The van der Waals surface area contributed by atoms with Crippen LogP contribution < -0.4 is 5.32 Å². The predicted molar refractivity (Wildman–Crippen MR) is 92.7 cm³/mol. The first-order valence-corrected chi connectivity index (χ1v) is 8.76. The number of rotatable bonds is 4. The lowest BCUT2D eigenvalue weighted by Gasteiger charge is -2.22. The van der Waals surface area contributed by atoms with E-state index >= 15 is 0 Å². The average Bonchev–Trinajstić information content (AvgIpc) is 3.10. The molecule has 23 heavy (non-hydrogen) atoms. The highest BCUT2D eigenvalue weighted by Gasteiger charge is 2.16. The van der Waals surface area contributed by atoms with Crippen LogP contribution in [0.25, 0.3) is 21.7 Å². The summed E-state index contributed by atoms with van der Waals surface area (Å²) < 4.78 is 5.43. The molecule has 1 aliphatic rings. The summed E-state index contributed by atoms with van der Waals surface area (Å²) in [6.45, 7) is 2.65. The van der Waals surface area contributed by atoms with Gasteiger partial charge in [-0.1, -0.05) is 6.07 Å². The van der Waals surface area contributed by atoms with E-state index in [0.29, 0.717) is 11.7 Å². The zero-order chi connectivity index (χ0) is 15.5. The lowest BCUT2D eigenvalue weighted by atomic mass is 10.0. The highest BCUT2D eigenvalue weighted by atomic mass is 32.1. The summed E-state index contributed by atoms with van der Waals surface area (Å²) in [6.07, 6.45) is 3.99. The molecule has 118 valence electrons. The molecule has 1 fully saturated rings. The molecule has 0 aliphatic carbocycles. The molecule has 0 unspecified atom stereocenters. The molecule has 0 saturated carbocycles. The molecule has 4 rings (SSSR count). The van der Waals surface area contributed by atoms with E-state index in [1.807, 2.05) is 18.2 Å². The molecular weight excluding hydrogens is 308 g/mol. The molecular formula is C17H18N4OS. The van der Waals surface area contributed by atoms with Gasteiger partial charge in [0.1, 0.15) is 16.3 Å². The standard InChI is InChI=1S/C17H18N4OS/c1-2-7-18-14(3-1)16-20-15(13-6-10-23-17(13)21-16)19-11-12-4-8-22-9-5-12/h1-3,6-7,10,12H,4-5,8-9,11H2,(H,19,20,21). The number of nitrogens with one attached hydrogen (secondary N) is 1. The van der Waals surface area contributed by atoms with Crippen molar-refractivity contribution in [2.75, 3.05) is 25.1 Å². The monoisotopic (exact) mass is 326 g/mol. The van der Waals surface area contributed by atoms with Crippen molar-refractivity contribution in [1.29, 1.82) is 0 Å². The lowest BCUT2D eigenvalue weighted by molar-refractivity contribution is 0.0699. The molecule has 4 heterocycles. The highest BCUT2D eigenvalue weighted by molar-refractivity contribution is 7.16. The van der Waals surface area contributed by atoms with E-state index in [4.69, 9.17) is 9.72 Å². The molecule has 0 bridgehead atoms. The maximum Gasteiger partial charge on any atom is 0.181 e. The van der Waals surface area contributed by atoms with Gasteiger partial charge in [-0.3, -0.25) is 4.98 Å². The van der Waals surface area contributed by atoms with Crippen LogP contribution in [0.2, 0.25) is 0 Å². The zero-order valence-electron chi connectivity index (χ0n) is 12.7. The Hall–Kier alpha value is -2.05. The molecule has 0 radical (unpaired) electrons. The van der Waals surface area contributed by atoms with Crippen molar-refractivity contribution in [2.45, 2.75) is 12.8 Å². The smallest absolute Gasteiger partial charge is 0.181 e. The van der Waals surface area contributed by atoms with Crippen molar-refractivity contribution in [3.63, 3.8) is 0 Å². The number of nitrogens with zero attached hydrogens (tertiary/aromatic N) is 3. The van der Waals surface area contributed by atoms with Crippen LogP contribution in [-0.2, 0) is 4.74 Å². The van der Waals surface area contributed by atoms with Gasteiger partial charge in [0.05, 0.1) is 5.39 Å². The van der Waals surface area contributed by atoms with Crippen molar-refractivity contribution in [2.24, 2.45) is 5.92 Å². The minimum absolute atomic E-state index is 0.644. The second kappa shape index (κ2) is 6.60. The Labute approximate surface area is 138 Å². The normalized spacial score (nSPS) is 15.8. The van der Waals surface area contributed by atoms with Crippen LogP contribution in [-0.4, -0.2) is 34.7 Å². The van der Waals surface area contributed by atoms with Crippen LogP contribution in [0.15, 0.2) is 35.8 Å². The van der Waals surface area contributed by atoms with E-state index in [0.717, 1.165) is 54.3 Å². The van der Waals surface area contributed by atoms with Crippen LogP contribution >= 0.6 is 11.3 Å². The molecule has 0 aromatic carbocycles. The van der Waals surface area contributed by atoms with E-state index in [-0.39, 0.29) is 0 Å². The summed E-state index contributed by atoms with van der Waals surface area (Å²) in [6, 6.07) is 7.88. The molecule has 3 aromatic heterocycles. The number of hydrogen-bond donors (Lipinski definition) is 1. The Bertz CT molecular complexity index is 784. The number of aromatic nitrogens is 3. The highest BCUT2D eigenvalue weighted by Crippen LogP contribution is 2.28. The number of anilines is 1. The number of hydrogen-bond acceptors (Lipinski definition) is 6. The van der Waals surface area contributed by atoms with Crippen molar-refractivity contribution in [1.82, 2.24) is 15.0 Å². The fraction of sp³-hybridized carbons (Fsp3) is 0.353. The average molecular weight is 326 g/mol. The first kappa shape index (κ1) is 14.5. The van der Waals surface area contributed by atoms with Crippen LogP contribution in [0.3, 0.4) is 0 Å². The molecule has 6 heteroatoms.